The van der Waals surface area contributed by atoms with Crippen LogP contribution in [-0.2, 0) is 9.84 Å². The summed E-state index contributed by atoms with van der Waals surface area (Å²) in [5, 5.41) is 4.09. The first-order valence-electron chi connectivity index (χ1n) is 4.34. The Kier molecular flexibility index (Phi) is 3.33. The molecular weight excluding hydrogens is 206 g/mol. The molecule has 0 aromatic heterocycles. The number of sulfone groups is 1. The Labute approximate surface area is 83.5 Å². The highest BCUT2D eigenvalue weighted by Crippen LogP contribution is 2.10. The number of nitrogens with one attached hydrogen (secondary N) is 2. The van der Waals surface area contributed by atoms with E-state index in [2.05, 4.69) is 10.7 Å². The molecule has 0 bridgehead atoms. The molecule has 14 heavy (non-hydrogen) atoms. The molecule has 1 atom stereocenters. The highest BCUT2D eigenvalue weighted by atomic mass is 32.2. The summed E-state index contributed by atoms with van der Waals surface area (Å²) in [6, 6.07) is -0.614. The molecule has 6 nitrogen and oxygen atoms in total. The number of nitrogens with zero attached hydrogens (tertiary/aromatic N) is 1. The standard InChI is InChI=1S/C7H15N3O3S/c1-10(2)9-7(11)8-6-3-4-14(12,13)5-6/h6H,3-5H2,1-2H3,(H2,8,9,11). The molecule has 2 N–H and O–H groups in total. The van der Waals surface area contributed by atoms with E-state index in [0.717, 1.165) is 0 Å². The lowest BCUT2D eigenvalue weighted by Gasteiger charge is -2.15. The zero-order chi connectivity index (χ0) is 10.8. The number of hydrogen-bond donors (Lipinski definition) is 2. The van der Waals surface area contributed by atoms with Crippen molar-refractivity contribution >= 4 is 15.9 Å². The van der Waals surface area contributed by atoms with Gasteiger partial charge < -0.3 is 5.32 Å². The molecule has 1 unspecified atom stereocenters. The normalized spacial score (nSPS) is 24.9. The average Bonchev–Trinajstić information content (AvgIpc) is 2.27. The Balaban J connectivity index is 2.36. The number of hydrazine groups is 1. The maximum absolute atomic E-state index is 11.2. The molecule has 1 aliphatic rings. The lowest BCUT2D eigenvalue weighted by atomic mass is 10.3. The van der Waals surface area contributed by atoms with E-state index in [-0.39, 0.29) is 23.6 Å². The van der Waals surface area contributed by atoms with E-state index in [1.807, 2.05) is 0 Å². The Morgan fingerprint density at radius 2 is 2.07 bits per heavy atom. The summed E-state index contributed by atoms with van der Waals surface area (Å²) in [7, 11) is 0.445. The van der Waals surface area contributed by atoms with Crippen molar-refractivity contribution in [1.82, 2.24) is 15.8 Å². The Hall–Kier alpha value is -0.820. The molecule has 0 aromatic carbocycles. The number of carbonyl (C=O) groups is 1. The van der Waals surface area contributed by atoms with Crippen LogP contribution in [0.2, 0.25) is 0 Å². The zero-order valence-electron chi connectivity index (χ0n) is 8.28. The molecule has 1 rings (SSSR count). The largest absolute Gasteiger partial charge is 0.333 e. The van der Waals surface area contributed by atoms with Crippen molar-refractivity contribution in [3.8, 4) is 0 Å². The molecule has 1 heterocycles. The fraction of sp³-hybridized carbons (Fsp3) is 0.857. The van der Waals surface area contributed by atoms with E-state index in [9.17, 15) is 13.2 Å². The first kappa shape index (κ1) is 11.3. The van der Waals surface area contributed by atoms with Crippen LogP contribution in [0.1, 0.15) is 6.42 Å². The first-order chi connectivity index (χ1) is 6.39. The molecule has 1 aliphatic heterocycles. The van der Waals surface area contributed by atoms with Crippen LogP contribution in [0.25, 0.3) is 0 Å². The van der Waals surface area contributed by atoms with Crippen molar-refractivity contribution in [1.29, 1.82) is 0 Å². The fourth-order valence-electron chi connectivity index (χ4n) is 1.33. The summed E-state index contributed by atoms with van der Waals surface area (Å²) in [4.78, 5) is 11.2. The van der Waals surface area contributed by atoms with Gasteiger partial charge in [0.25, 0.3) is 0 Å². The van der Waals surface area contributed by atoms with Gasteiger partial charge in [0.1, 0.15) is 0 Å². The maximum Gasteiger partial charge on any atom is 0.329 e. The highest BCUT2D eigenvalue weighted by Gasteiger charge is 2.28. The lowest BCUT2D eigenvalue weighted by molar-refractivity contribution is 0.209. The van der Waals surface area contributed by atoms with E-state index in [1.165, 1.54) is 5.01 Å². The van der Waals surface area contributed by atoms with Gasteiger partial charge in [0.05, 0.1) is 11.5 Å². The Morgan fingerprint density at radius 1 is 1.43 bits per heavy atom. The molecule has 82 valence electrons. The molecule has 0 spiro atoms. The second kappa shape index (κ2) is 4.14. The number of rotatable bonds is 2. The number of carbonyl (C=O) groups excluding carboxylic acids is 1. The van der Waals surface area contributed by atoms with Crippen LogP contribution in [0.15, 0.2) is 0 Å². The Morgan fingerprint density at radius 3 is 2.50 bits per heavy atom. The third kappa shape index (κ3) is 3.51. The van der Waals surface area contributed by atoms with Gasteiger partial charge in [0.2, 0.25) is 0 Å². The van der Waals surface area contributed by atoms with Gasteiger partial charge in [-0.1, -0.05) is 0 Å². The van der Waals surface area contributed by atoms with Crippen LogP contribution in [0.3, 0.4) is 0 Å². The van der Waals surface area contributed by atoms with Crippen molar-refractivity contribution in [2.45, 2.75) is 12.5 Å². The van der Waals surface area contributed by atoms with Crippen LogP contribution in [0, 0.1) is 0 Å². The van der Waals surface area contributed by atoms with Crippen LogP contribution >= 0.6 is 0 Å². The molecule has 0 radical (unpaired) electrons. The van der Waals surface area contributed by atoms with Crippen LogP contribution in [0.4, 0.5) is 4.79 Å². The third-order valence-electron chi connectivity index (χ3n) is 1.89. The second-order valence-electron chi connectivity index (χ2n) is 3.58. The first-order valence-corrected chi connectivity index (χ1v) is 6.16. The average molecular weight is 221 g/mol. The summed E-state index contributed by atoms with van der Waals surface area (Å²) >= 11 is 0. The summed E-state index contributed by atoms with van der Waals surface area (Å²) in [5.41, 5.74) is 2.49. The quantitative estimate of drug-likeness (QED) is 0.583. The van der Waals surface area contributed by atoms with E-state index in [4.69, 9.17) is 0 Å². The van der Waals surface area contributed by atoms with Crippen molar-refractivity contribution in [2.24, 2.45) is 0 Å². The monoisotopic (exact) mass is 221 g/mol. The lowest BCUT2D eigenvalue weighted by Crippen LogP contribution is -2.47. The molecule has 1 saturated heterocycles. The van der Waals surface area contributed by atoms with Gasteiger partial charge in [0, 0.05) is 20.1 Å². The summed E-state index contributed by atoms with van der Waals surface area (Å²) < 4.78 is 22.1. The van der Waals surface area contributed by atoms with E-state index < -0.39 is 9.84 Å². The van der Waals surface area contributed by atoms with Gasteiger partial charge in [-0.3, -0.25) is 5.43 Å². The smallest absolute Gasteiger partial charge is 0.329 e. The summed E-state index contributed by atoms with van der Waals surface area (Å²) in [5.74, 6) is 0.216. The van der Waals surface area contributed by atoms with Gasteiger partial charge in [-0.05, 0) is 6.42 Å². The van der Waals surface area contributed by atoms with Crippen LogP contribution < -0.4 is 10.7 Å². The van der Waals surface area contributed by atoms with E-state index in [1.54, 1.807) is 14.1 Å². The van der Waals surface area contributed by atoms with Crippen LogP contribution in [0.5, 0.6) is 0 Å². The van der Waals surface area contributed by atoms with Crippen LogP contribution in [-0.4, -0.2) is 51.1 Å². The van der Waals surface area contributed by atoms with Gasteiger partial charge >= 0.3 is 6.03 Å². The van der Waals surface area contributed by atoms with E-state index >= 15 is 0 Å². The topological polar surface area (TPSA) is 78.5 Å². The predicted octanol–water partition coefficient (Wildman–Crippen LogP) is -1.05. The molecule has 2 amide bonds. The summed E-state index contributed by atoms with van der Waals surface area (Å²) in [6.45, 7) is 0. The number of amides is 2. The SMILES string of the molecule is CN(C)NC(=O)NC1CCS(=O)(=O)C1. The molecule has 0 saturated carbocycles. The minimum Gasteiger partial charge on any atom is -0.333 e. The minimum atomic E-state index is -2.93. The maximum atomic E-state index is 11.2. The minimum absolute atomic E-state index is 0.0495. The van der Waals surface area contributed by atoms with Crippen molar-refractivity contribution in [3.05, 3.63) is 0 Å². The molecule has 0 aliphatic carbocycles. The summed E-state index contributed by atoms with van der Waals surface area (Å²) in [6.07, 6.45) is 0.503. The molecule has 7 heteroatoms. The van der Waals surface area contributed by atoms with Gasteiger partial charge in [-0.15, -0.1) is 0 Å². The molecule has 1 fully saturated rings. The Bertz CT molecular complexity index is 312. The number of hydrogen-bond acceptors (Lipinski definition) is 4. The zero-order valence-corrected chi connectivity index (χ0v) is 9.10. The van der Waals surface area contributed by atoms with Crippen molar-refractivity contribution in [2.75, 3.05) is 25.6 Å². The number of urea groups is 1. The predicted molar refractivity (Wildman–Crippen MR) is 52.4 cm³/mol. The second-order valence-corrected chi connectivity index (χ2v) is 5.81. The fourth-order valence-corrected chi connectivity index (χ4v) is 3.00. The van der Waals surface area contributed by atoms with Gasteiger partial charge in [0.15, 0.2) is 9.84 Å². The molecular formula is C7H15N3O3S. The van der Waals surface area contributed by atoms with Gasteiger partial charge in [-0.2, -0.15) is 0 Å². The van der Waals surface area contributed by atoms with E-state index in [0.29, 0.717) is 6.42 Å². The van der Waals surface area contributed by atoms with Gasteiger partial charge in [-0.25, -0.2) is 18.2 Å². The molecule has 0 aromatic rings. The highest BCUT2D eigenvalue weighted by molar-refractivity contribution is 7.91. The van der Waals surface area contributed by atoms with Crippen molar-refractivity contribution < 1.29 is 13.2 Å². The third-order valence-corrected chi connectivity index (χ3v) is 3.66. The van der Waals surface area contributed by atoms with Crippen molar-refractivity contribution in [3.63, 3.8) is 0 Å².